The standard InChI is InChI=1S/C33H22N2O2/c1-35(2)21-15-16-26-27(18-21)36-32-28(26)24-13-7-8-14-25(24)31-30(32)34-33(37-31)29-22-11-5-3-9-19(22)17-20-10-4-6-12-23(20)29/h3-18H,1-2H3. The Morgan fingerprint density at radius 1 is 0.595 bits per heavy atom. The van der Waals surface area contributed by atoms with Crippen LogP contribution in [-0.2, 0) is 0 Å². The average Bonchev–Trinajstić information content (AvgIpc) is 3.54. The number of rotatable bonds is 2. The van der Waals surface area contributed by atoms with Crippen LogP contribution in [0.5, 0.6) is 0 Å². The fourth-order valence-electron chi connectivity index (χ4n) is 5.70. The van der Waals surface area contributed by atoms with Crippen LogP contribution in [0.3, 0.4) is 0 Å². The number of furan rings is 1. The molecule has 4 nitrogen and oxygen atoms in total. The second-order valence-corrected chi connectivity index (χ2v) is 9.82. The molecule has 176 valence electrons. The lowest BCUT2D eigenvalue weighted by molar-refractivity contribution is 0.624. The van der Waals surface area contributed by atoms with E-state index in [1.54, 1.807) is 0 Å². The molecular formula is C33H22N2O2. The monoisotopic (exact) mass is 478 g/mol. The number of hydrogen-bond acceptors (Lipinski definition) is 4. The van der Waals surface area contributed by atoms with Gasteiger partial charge in [-0.3, -0.25) is 0 Å². The molecule has 8 aromatic rings. The van der Waals surface area contributed by atoms with Crippen LogP contribution in [0.4, 0.5) is 5.69 Å². The highest BCUT2D eigenvalue weighted by Crippen LogP contribution is 2.44. The van der Waals surface area contributed by atoms with Gasteiger partial charge in [-0.15, -0.1) is 0 Å². The number of oxazole rings is 1. The summed E-state index contributed by atoms with van der Waals surface area (Å²) in [5, 5.41) is 8.85. The van der Waals surface area contributed by atoms with Gasteiger partial charge in [-0.2, -0.15) is 0 Å². The van der Waals surface area contributed by atoms with E-state index in [2.05, 4.69) is 102 Å². The van der Waals surface area contributed by atoms with Crippen molar-refractivity contribution >= 4 is 71.0 Å². The Bertz CT molecular complexity index is 2130. The summed E-state index contributed by atoms with van der Waals surface area (Å²) >= 11 is 0. The fourth-order valence-corrected chi connectivity index (χ4v) is 5.70. The van der Waals surface area contributed by atoms with Crippen LogP contribution < -0.4 is 4.90 Å². The van der Waals surface area contributed by atoms with Gasteiger partial charge in [0.2, 0.25) is 5.89 Å². The maximum atomic E-state index is 6.67. The third-order valence-electron chi connectivity index (χ3n) is 7.46. The Kier molecular flexibility index (Phi) is 4.04. The van der Waals surface area contributed by atoms with Gasteiger partial charge in [0, 0.05) is 42.0 Å². The third kappa shape index (κ3) is 2.81. The van der Waals surface area contributed by atoms with Crippen LogP contribution in [0, 0.1) is 0 Å². The Morgan fingerprint density at radius 3 is 1.95 bits per heavy atom. The second-order valence-electron chi connectivity index (χ2n) is 9.82. The van der Waals surface area contributed by atoms with E-state index in [1.165, 1.54) is 0 Å². The minimum atomic E-state index is 0.607. The molecule has 2 heterocycles. The smallest absolute Gasteiger partial charge is 0.228 e. The predicted octanol–water partition coefficient (Wildman–Crippen LogP) is 8.92. The van der Waals surface area contributed by atoms with Crippen LogP contribution in [-0.4, -0.2) is 19.1 Å². The summed E-state index contributed by atoms with van der Waals surface area (Å²) in [6, 6.07) is 33.8. The summed E-state index contributed by atoms with van der Waals surface area (Å²) in [7, 11) is 4.08. The lowest BCUT2D eigenvalue weighted by Crippen LogP contribution is -2.07. The molecule has 0 amide bonds. The summed E-state index contributed by atoms with van der Waals surface area (Å²) in [5.41, 5.74) is 5.21. The van der Waals surface area contributed by atoms with Crippen molar-refractivity contribution in [3.63, 3.8) is 0 Å². The first-order valence-corrected chi connectivity index (χ1v) is 12.4. The van der Waals surface area contributed by atoms with Gasteiger partial charge in [0.1, 0.15) is 5.58 Å². The van der Waals surface area contributed by atoms with Crippen molar-refractivity contribution < 1.29 is 8.83 Å². The number of aromatic nitrogens is 1. The Labute approximate surface area is 212 Å². The van der Waals surface area contributed by atoms with E-state index >= 15 is 0 Å². The van der Waals surface area contributed by atoms with Crippen molar-refractivity contribution in [2.75, 3.05) is 19.0 Å². The predicted molar refractivity (Wildman–Crippen MR) is 154 cm³/mol. The number of nitrogens with zero attached hydrogens (tertiary/aromatic N) is 2. The number of anilines is 1. The minimum Gasteiger partial charge on any atom is -0.454 e. The maximum Gasteiger partial charge on any atom is 0.228 e. The topological polar surface area (TPSA) is 42.4 Å². The highest BCUT2D eigenvalue weighted by molar-refractivity contribution is 6.28. The Morgan fingerprint density at radius 2 is 1.24 bits per heavy atom. The van der Waals surface area contributed by atoms with Gasteiger partial charge < -0.3 is 13.7 Å². The van der Waals surface area contributed by atoms with E-state index in [0.717, 1.165) is 76.6 Å². The lowest BCUT2D eigenvalue weighted by Gasteiger charge is -2.11. The first-order valence-electron chi connectivity index (χ1n) is 12.4. The normalized spacial score (nSPS) is 12.1. The Balaban J connectivity index is 1.55. The number of fused-ring (bicyclic) bond motifs is 10. The zero-order chi connectivity index (χ0) is 24.7. The van der Waals surface area contributed by atoms with E-state index in [-0.39, 0.29) is 0 Å². The molecule has 37 heavy (non-hydrogen) atoms. The number of benzene rings is 6. The van der Waals surface area contributed by atoms with Gasteiger partial charge in [0.15, 0.2) is 16.7 Å². The summed E-state index contributed by atoms with van der Waals surface area (Å²) in [6.07, 6.45) is 0. The molecule has 0 fully saturated rings. The minimum absolute atomic E-state index is 0.607. The van der Waals surface area contributed by atoms with E-state index < -0.39 is 0 Å². The van der Waals surface area contributed by atoms with Gasteiger partial charge >= 0.3 is 0 Å². The SMILES string of the molecule is CN(C)c1ccc2c(c1)oc1c3nc(-c4c5ccccc5cc5ccccc45)oc3c3ccccc3c21. The number of hydrogen-bond donors (Lipinski definition) is 0. The van der Waals surface area contributed by atoms with Gasteiger partial charge in [0.25, 0.3) is 0 Å². The summed E-state index contributed by atoms with van der Waals surface area (Å²) in [4.78, 5) is 7.23. The molecule has 0 radical (unpaired) electrons. The molecule has 6 aromatic carbocycles. The molecule has 0 aliphatic rings. The van der Waals surface area contributed by atoms with E-state index in [9.17, 15) is 0 Å². The molecular weight excluding hydrogens is 456 g/mol. The fraction of sp³-hybridized carbons (Fsp3) is 0.0606. The molecule has 0 saturated carbocycles. The maximum absolute atomic E-state index is 6.67. The van der Waals surface area contributed by atoms with Crippen molar-refractivity contribution in [1.82, 2.24) is 4.98 Å². The largest absolute Gasteiger partial charge is 0.454 e. The lowest BCUT2D eigenvalue weighted by atomic mass is 9.97. The van der Waals surface area contributed by atoms with Gasteiger partial charge in [-0.1, -0.05) is 72.8 Å². The van der Waals surface area contributed by atoms with E-state index in [4.69, 9.17) is 13.8 Å². The molecule has 0 saturated heterocycles. The highest BCUT2D eigenvalue weighted by Gasteiger charge is 2.23. The molecule has 0 N–H and O–H groups in total. The van der Waals surface area contributed by atoms with Crippen LogP contribution >= 0.6 is 0 Å². The van der Waals surface area contributed by atoms with Crippen LogP contribution in [0.15, 0.2) is 106 Å². The van der Waals surface area contributed by atoms with Crippen molar-refractivity contribution in [2.45, 2.75) is 0 Å². The molecule has 0 unspecified atom stereocenters. The van der Waals surface area contributed by atoms with Gasteiger partial charge in [-0.05, 0) is 45.1 Å². The van der Waals surface area contributed by atoms with E-state index in [1.807, 2.05) is 14.1 Å². The van der Waals surface area contributed by atoms with Crippen molar-refractivity contribution in [1.29, 1.82) is 0 Å². The molecule has 8 rings (SSSR count). The molecule has 4 heteroatoms. The van der Waals surface area contributed by atoms with E-state index in [0.29, 0.717) is 5.89 Å². The van der Waals surface area contributed by atoms with Crippen molar-refractivity contribution in [3.8, 4) is 11.5 Å². The molecule has 0 atom stereocenters. The highest BCUT2D eigenvalue weighted by atomic mass is 16.4. The average molecular weight is 479 g/mol. The zero-order valence-corrected chi connectivity index (χ0v) is 20.4. The molecule has 0 aliphatic heterocycles. The summed E-state index contributed by atoms with van der Waals surface area (Å²) in [5.74, 6) is 0.607. The molecule has 0 spiro atoms. The molecule has 0 bridgehead atoms. The first-order chi connectivity index (χ1) is 18.2. The summed E-state index contributed by atoms with van der Waals surface area (Å²) < 4.78 is 13.2. The zero-order valence-electron chi connectivity index (χ0n) is 20.4. The quantitative estimate of drug-likeness (QED) is 0.233. The molecule has 2 aromatic heterocycles. The second kappa shape index (κ2) is 7.34. The molecule has 0 aliphatic carbocycles. The summed E-state index contributed by atoms with van der Waals surface area (Å²) in [6.45, 7) is 0. The van der Waals surface area contributed by atoms with Gasteiger partial charge in [-0.25, -0.2) is 4.98 Å². The Hall–Kier alpha value is -4.83. The first kappa shape index (κ1) is 20.4. The van der Waals surface area contributed by atoms with Crippen LogP contribution in [0.25, 0.3) is 76.8 Å². The van der Waals surface area contributed by atoms with Crippen LogP contribution in [0.2, 0.25) is 0 Å². The van der Waals surface area contributed by atoms with Crippen LogP contribution in [0.1, 0.15) is 0 Å². The third-order valence-corrected chi connectivity index (χ3v) is 7.46. The van der Waals surface area contributed by atoms with Crippen molar-refractivity contribution in [2.24, 2.45) is 0 Å². The van der Waals surface area contributed by atoms with Gasteiger partial charge in [0.05, 0.1) is 5.56 Å². The van der Waals surface area contributed by atoms with Crippen molar-refractivity contribution in [3.05, 3.63) is 97.1 Å².